The minimum atomic E-state index is -0.112. The van der Waals surface area contributed by atoms with Crippen molar-refractivity contribution in [3.05, 3.63) is 77.8 Å². The summed E-state index contributed by atoms with van der Waals surface area (Å²) in [6, 6.07) is 3.57. The number of carbonyl (C=O) groups excluding carboxylic acids is 1. The Hall–Kier alpha value is -2.95. The summed E-state index contributed by atoms with van der Waals surface area (Å²) in [4.78, 5) is 23.1. The molecule has 2 heterocycles. The summed E-state index contributed by atoms with van der Waals surface area (Å²) in [7, 11) is 1.81. The minimum Gasteiger partial charge on any atom is -0.370 e. The smallest absolute Gasteiger partial charge is 0.251 e. The molecule has 0 atom stereocenters. The van der Waals surface area contributed by atoms with Gasteiger partial charge in [-0.3, -0.25) is 14.8 Å². The van der Waals surface area contributed by atoms with Gasteiger partial charge in [-0.05, 0) is 50.0 Å². The largest absolute Gasteiger partial charge is 0.370 e. The van der Waals surface area contributed by atoms with Crippen molar-refractivity contribution < 1.29 is 4.79 Å². The summed E-state index contributed by atoms with van der Waals surface area (Å²) in [5.41, 5.74) is 3.77. The van der Waals surface area contributed by atoms with Crippen LogP contribution in [0.3, 0.4) is 0 Å². The Morgan fingerprint density at radius 3 is 2.83 bits per heavy atom. The second-order valence-corrected chi connectivity index (χ2v) is 6.96. The molecule has 5 nitrogen and oxygen atoms in total. The van der Waals surface area contributed by atoms with Crippen LogP contribution in [0.4, 0.5) is 0 Å². The van der Waals surface area contributed by atoms with Crippen LogP contribution in [0.1, 0.15) is 42.2 Å². The van der Waals surface area contributed by atoms with Gasteiger partial charge in [-0.15, -0.1) is 6.58 Å². The fourth-order valence-corrected chi connectivity index (χ4v) is 3.23. The second kappa shape index (κ2) is 12.5. The molecule has 154 valence electrons. The lowest BCUT2D eigenvalue weighted by Gasteiger charge is -2.29. The zero-order chi connectivity index (χ0) is 20.9. The molecule has 2 rings (SSSR count). The molecule has 1 fully saturated rings. The van der Waals surface area contributed by atoms with E-state index in [-0.39, 0.29) is 5.91 Å². The number of pyridine rings is 1. The van der Waals surface area contributed by atoms with Gasteiger partial charge in [-0.1, -0.05) is 24.3 Å². The Bertz CT molecular complexity index is 799. The molecule has 0 unspecified atom stereocenters. The van der Waals surface area contributed by atoms with Crippen LogP contribution in [0, 0.1) is 0 Å². The number of piperidine rings is 1. The van der Waals surface area contributed by atoms with E-state index in [4.69, 9.17) is 0 Å². The molecule has 1 aliphatic heterocycles. The Balaban J connectivity index is 2.06. The lowest BCUT2D eigenvalue weighted by molar-refractivity contribution is 0.0958. The number of hydrogen-bond donors (Lipinski definition) is 1. The minimum absolute atomic E-state index is 0.112. The number of amides is 1. The fraction of sp³-hybridized carbons (Fsp3) is 0.375. The highest BCUT2D eigenvalue weighted by atomic mass is 16.1. The van der Waals surface area contributed by atoms with Crippen LogP contribution in [0.2, 0.25) is 0 Å². The average molecular weight is 393 g/mol. The van der Waals surface area contributed by atoms with E-state index in [9.17, 15) is 4.79 Å². The first-order chi connectivity index (χ1) is 14.2. The summed E-state index contributed by atoms with van der Waals surface area (Å²) >= 11 is 0. The van der Waals surface area contributed by atoms with Gasteiger partial charge in [0.15, 0.2) is 0 Å². The first-order valence-electron chi connectivity index (χ1n) is 10.2. The summed E-state index contributed by atoms with van der Waals surface area (Å²) in [5.74, 6) is -0.112. The van der Waals surface area contributed by atoms with Crippen molar-refractivity contribution in [3.8, 4) is 0 Å². The number of allylic oxidation sites excluding steroid dienone is 6. The molecule has 1 saturated heterocycles. The molecule has 1 aromatic heterocycles. The molecule has 1 amide bonds. The molecule has 0 radical (unpaired) electrons. The Kier molecular flexibility index (Phi) is 9.63. The number of likely N-dealkylation sites (tertiary alicyclic amines) is 1. The van der Waals surface area contributed by atoms with Gasteiger partial charge in [0.25, 0.3) is 5.91 Å². The van der Waals surface area contributed by atoms with Gasteiger partial charge in [0.1, 0.15) is 0 Å². The van der Waals surface area contributed by atoms with Crippen molar-refractivity contribution in [2.45, 2.75) is 32.6 Å². The van der Waals surface area contributed by atoms with Crippen LogP contribution >= 0.6 is 0 Å². The number of carbonyl (C=O) groups is 1. The number of hydrogen-bond acceptors (Lipinski definition) is 4. The van der Waals surface area contributed by atoms with Crippen LogP contribution in [-0.2, 0) is 6.42 Å². The first kappa shape index (κ1) is 22.3. The Morgan fingerprint density at radius 1 is 1.34 bits per heavy atom. The molecule has 1 aromatic rings. The highest BCUT2D eigenvalue weighted by molar-refractivity contribution is 5.94. The molecule has 0 saturated carbocycles. The van der Waals surface area contributed by atoms with Gasteiger partial charge >= 0.3 is 0 Å². The van der Waals surface area contributed by atoms with E-state index >= 15 is 0 Å². The molecule has 0 aromatic carbocycles. The molecule has 1 aliphatic rings. The fourth-order valence-electron chi connectivity index (χ4n) is 3.23. The number of aliphatic imine (C=N–C) groups is 1. The molecule has 0 bridgehead atoms. The highest BCUT2D eigenvalue weighted by Gasteiger charge is 2.11. The van der Waals surface area contributed by atoms with Gasteiger partial charge in [-0.2, -0.15) is 0 Å². The predicted molar refractivity (Wildman–Crippen MR) is 121 cm³/mol. The van der Waals surface area contributed by atoms with Crippen LogP contribution in [0.25, 0.3) is 0 Å². The van der Waals surface area contributed by atoms with E-state index in [1.807, 2.05) is 26.3 Å². The van der Waals surface area contributed by atoms with Crippen molar-refractivity contribution in [2.24, 2.45) is 4.99 Å². The third-order valence-electron chi connectivity index (χ3n) is 4.80. The van der Waals surface area contributed by atoms with E-state index in [1.54, 1.807) is 18.3 Å². The lowest BCUT2D eigenvalue weighted by atomic mass is 10.1. The molecular weight excluding hydrogens is 360 g/mol. The summed E-state index contributed by atoms with van der Waals surface area (Å²) in [5, 5.41) is 2.79. The van der Waals surface area contributed by atoms with Gasteiger partial charge in [0, 0.05) is 56.8 Å². The zero-order valence-corrected chi connectivity index (χ0v) is 17.6. The van der Waals surface area contributed by atoms with Crippen molar-refractivity contribution in [3.63, 3.8) is 0 Å². The van der Waals surface area contributed by atoms with E-state index < -0.39 is 0 Å². The van der Waals surface area contributed by atoms with Crippen LogP contribution < -0.4 is 5.32 Å². The number of nitrogens with zero attached hydrogens (tertiary/aromatic N) is 3. The molecule has 0 aliphatic carbocycles. The predicted octanol–water partition coefficient (Wildman–Crippen LogP) is 4.11. The van der Waals surface area contributed by atoms with E-state index in [2.05, 4.69) is 51.1 Å². The van der Waals surface area contributed by atoms with E-state index in [0.717, 1.165) is 30.1 Å². The van der Waals surface area contributed by atoms with Crippen LogP contribution in [0.5, 0.6) is 0 Å². The third kappa shape index (κ3) is 7.53. The van der Waals surface area contributed by atoms with Gasteiger partial charge in [0.05, 0.1) is 5.70 Å². The third-order valence-corrected chi connectivity index (χ3v) is 4.80. The van der Waals surface area contributed by atoms with Crippen LogP contribution in [-0.4, -0.2) is 48.7 Å². The number of rotatable bonds is 9. The molecular formula is C24H32N4O. The van der Waals surface area contributed by atoms with Gasteiger partial charge < -0.3 is 10.2 Å². The SMILES string of the molecule is C=CCNC(=O)c1ccnc(CC(=C/C)/C=C/C=C(\C=NC)N2CCCCC2)c1. The van der Waals surface area contributed by atoms with Crippen molar-refractivity contribution in [1.29, 1.82) is 0 Å². The summed E-state index contributed by atoms with van der Waals surface area (Å²) in [6.07, 6.45) is 18.1. The second-order valence-electron chi connectivity index (χ2n) is 6.96. The Morgan fingerprint density at radius 2 is 2.14 bits per heavy atom. The molecule has 5 heteroatoms. The quantitative estimate of drug-likeness (QED) is 0.391. The summed E-state index contributed by atoms with van der Waals surface area (Å²) in [6.45, 7) is 8.27. The molecule has 0 spiro atoms. The van der Waals surface area contributed by atoms with Crippen molar-refractivity contribution in [2.75, 3.05) is 26.7 Å². The van der Waals surface area contributed by atoms with Gasteiger partial charge in [-0.25, -0.2) is 0 Å². The highest BCUT2D eigenvalue weighted by Crippen LogP contribution is 2.14. The first-order valence-corrected chi connectivity index (χ1v) is 10.2. The van der Waals surface area contributed by atoms with Crippen LogP contribution in [0.15, 0.2) is 71.6 Å². The molecule has 29 heavy (non-hydrogen) atoms. The number of nitrogens with one attached hydrogen (secondary N) is 1. The lowest BCUT2D eigenvalue weighted by Crippen LogP contribution is -2.29. The Labute approximate surface area is 174 Å². The zero-order valence-electron chi connectivity index (χ0n) is 17.6. The van der Waals surface area contributed by atoms with Crippen molar-refractivity contribution >= 4 is 12.1 Å². The normalized spacial score (nSPS) is 15.9. The van der Waals surface area contributed by atoms with E-state index in [0.29, 0.717) is 18.5 Å². The van der Waals surface area contributed by atoms with Crippen molar-refractivity contribution in [1.82, 2.24) is 15.2 Å². The van der Waals surface area contributed by atoms with E-state index in [1.165, 1.54) is 19.3 Å². The number of aromatic nitrogens is 1. The van der Waals surface area contributed by atoms with Gasteiger partial charge in [0.2, 0.25) is 0 Å². The monoisotopic (exact) mass is 392 g/mol. The maximum absolute atomic E-state index is 12.1. The molecule has 1 N–H and O–H groups in total. The standard InChI is InChI=1S/C24H32N4O/c1-4-13-27-24(29)21-12-14-26-22(18-21)17-20(5-2)10-9-11-23(19-25-3)28-15-7-6-8-16-28/h4-5,9-12,14,18-19H,1,6-8,13,15-17H2,2-3H3,(H,27,29)/b10-9+,20-5+,23-11+,25-19?. The maximum Gasteiger partial charge on any atom is 0.251 e. The average Bonchev–Trinajstić information content (AvgIpc) is 2.76. The summed E-state index contributed by atoms with van der Waals surface area (Å²) < 4.78 is 0. The maximum atomic E-state index is 12.1. The topological polar surface area (TPSA) is 57.6 Å².